The number of aliphatic imine (C=N–C) groups is 3. The molecule has 11 amide bonds. The number of hydrogen-bond acceptors (Lipinski definition) is 17. The summed E-state index contributed by atoms with van der Waals surface area (Å²) in [4.78, 5) is 160. The van der Waals surface area contributed by atoms with Gasteiger partial charge in [0.05, 0.1) is 25.3 Å². The summed E-state index contributed by atoms with van der Waals surface area (Å²) in [5.41, 5.74) is 50.0. The Bertz CT molecular complexity index is 2500. The van der Waals surface area contributed by atoms with Gasteiger partial charge < -0.3 is 110 Å². The van der Waals surface area contributed by atoms with Crippen LogP contribution in [0.15, 0.2) is 45.3 Å². The van der Waals surface area contributed by atoms with Crippen LogP contribution in [0.1, 0.15) is 98.0 Å². The second-order valence-corrected chi connectivity index (χ2v) is 21.0. The fraction of sp³-hybridized carbons (Fsp3) is 0.615. The van der Waals surface area contributed by atoms with Gasteiger partial charge in [0.2, 0.25) is 65.0 Å². The summed E-state index contributed by atoms with van der Waals surface area (Å²) >= 11 is 0. The molecule has 10 atom stereocenters. The van der Waals surface area contributed by atoms with E-state index >= 15 is 0 Å². The van der Waals surface area contributed by atoms with E-state index in [2.05, 4.69) is 62.8 Å². The molecule has 29 N–H and O–H groups in total. The van der Waals surface area contributed by atoms with Crippen molar-refractivity contribution in [1.82, 2.24) is 47.9 Å². The molecule has 1 aromatic rings. The molecule has 0 saturated heterocycles. The van der Waals surface area contributed by atoms with Crippen molar-refractivity contribution < 1.29 is 63.0 Å². The Hall–Kier alpha value is -8.92. The number of aliphatic hydroxyl groups is 2. The van der Waals surface area contributed by atoms with E-state index in [1.54, 1.807) is 44.2 Å². The number of rotatable bonds is 41. The zero-order valence-corrected chi connectivity index (χ0v) is 49.3. The van der Waals surface area contributed by atoms with Gasteiger partial charge in [0.25, 0.3) is 0 Å². The van der Waals surface area contributed by atoms with Gasteiger partial charge in [-0.15, -0.1) is 0 Å². The Morgan fingerprint density at radius 2 is 0.919 bits per heavy atom. The maximum Gasteiger partial charge on any atom is 0.245 e. The average Bonchev–Trinajstić information content (AvgIpc) is 3.05. The minimum atomic E-state index is -1.87. The lowest BCUT2D eigenvalue weighted by Crippen LogP contribution is -2.62. The van der Waals surface area contributed by atoms with Gasteiger partial charge in [-0.2, -0.15) is 0 Å². The molecule has 34 heteroatoms. The van der Waals surface area contributed by atoms with Crippen LogP contribution in [0.3, 0.4) is 0 Å². The number of aliphatic hydroxyl groups excluding tert-OH is 2. The largest absolute Gasteiger partial charge is 0.394 e. The topological polar surface area (TPSA) is 608 Å². The number of carbonyl (C=O) groups excluding carboxylic acids is 11. The smallest absolute Gasteiger partial charge is 0.245 e. The molecule has 0 aliphatic rings. The SMILES string of the molecule is CC(C)CC(NC(=O)CNC(=O)C(NC(=O)C(Cc1ccccc1)NC(=O)C(CCC(N)=O)NC(=O)C(CCCN=C(N)N)NC(=O)C(NC(=O)C(CCCN=C(N)N)NC(=O)C(CO)NC(=O)C(N)CCCN=C(N)N)C(C)O)C(C)C)C(N)=O. The van der Waals surface area contributed by atoms with Crippen molar-refractivity contribution in [3.05, 3.63) is 35.9 Å². The van der Waals surface area contributed by atoms with E-state index in [0.29, 0.717) is 5.56 Å². The molecule has 34 nitrogen and oxygen atoms in total. The van der Waals surface area contributed by atoms with Crippen molar-refractivity contribution in [2.45, 2.75) is 159 Å². The minimum absolute atomic E-state index is 0.00317. The van der Waals surface area contributed by atoms with Crippen molar-refractivity contribution >= 4 is 82.9 Å². The Morgan fingerprint density at radius 3 is 1.37 bits per heavy atom. The van der Waals surface area contributed by atoms with Crippen LogP contribution in [0.4, 0.5) is 0 Å². The Kier molecular flexibility index (Phi) is 34.6. The highest BCUT2D eigenvalue weighted by Gasteiger charge is 2.36. The summed E-state index contributed by atoms with van der Waals surface area (Å²) in [6, 6.07) is -4.92. The average molecular weight is 1220 g/mol. The number of benzene rings is 1. The highest BCUT2D eigenvalue weighted by molar-refractivity contribution is 5.99. The van der Waals surface area contributed by atoms with Crippen molar-refractivity contribution in [3.63, 3.8) is 0 Å². The van der Waals surface area contributed by atoms with E-state index in [-0.39, 0.29) is 94.8 Å². The van der Waals surface area contributed by atoms with E-state index in [1.165, 1.54) is 0 Å². The van der Waals surface area contributed by atoms with Crippen molar-refractivity contribution in [1.29, 1.82) is 0 Å². The first-order chi connectivity index (χ1) is 40.4. The summed E-state index contributed by atoms with van der Waals surface area (Å²) in [6.07, 6.45) is -2.67. The summed E-state index contributed by atoms with van der Waals surface area (Å²) < 4.78 is 0. The summed E-state index contributed by atoms with van der Waals surface area (Å²) in [5, 5.41) is 43.2. The lowest BCUT2D eigenvalue weighted by Gasteiger charge is -2.29. The highest BCUT2D eigenvalue weighted by atomic mass is 16.3. The first-order valence-corrected chi connectivity index (χ1v) is 27.9. The molecule has 0 saturated carbocycles. The maximum atomic E-state index is 14.4. The van der Waals surface area contributed by atoms with Gasteiger partial charge in [-0.25, -0.2) is 0 Å². The third-order valence-electron chi connectivity index (χ3n) is 12.6. The van der Waals surface area contributed by atoms with Gasteiger partial charge in [0, 0.05) is 32.5 Å². The molecule has 482 valence electrons. The lowest BCUT2D eigenvalue weighted by atomic mass is 10.00. The normalized spacial score (nSPS) is 14.4. The van der Waals surface area contributed by atoms with Crippen LogP contribution in [0, 0.1) is 11.8 Å². The number of nitrogens with two attached hydrogens (primary N) is 9. The summed E-state index contributed by atoms with van der Waals surface area (Å²) in [5.74, 6) is -11.7. The molecule has 86 heavy (non-hydrogen) atoms. The Labute approximate surface area is 498 Å². The molecule has 0 fully saturated rings. The van der Waals surface area contributed by atoms with Gasteiger partial charge in [0.1, 0.15) is 48.3 Å². The highest BCUT2D eigenvalue weighted by Crippen LogP contribution is 2.11. The van der Waals surface area contributed by atoms with E-state index in [9.17, 15) is 63.0 Å². The molecule has 0 aliphatic carbocycles. The Morgan fingerprint density at radius 1 is 0.488 bits per heavy atom. The number of nitrogens with zero attached hydrogens (tertiary/aromatic N) is 3. The van der Waals surface area contributed by atoms with Crippen molar-refractivity contribution in [2.75, 3.05) is 32.8 Å². The van der Waals surface area contributed by atoms with Gasteiger partial charge in [0.15, 0.2) is 17.9 Å². The predicted molar refractivity (Wildman–Crippen MR) is 317 cm³/mol. The van der Waals surface area contributed by atoms with Crippen LogP contribution < -0.4 is 99.5 Å². The van der Waals surface area contributed by atoms with Gasteiger partial charge in [-0.1, -0.05) is 58.0 Å². The van der Waals surface area contributed by atoms with E-state index in [4.69, 9.17) is 51.6 Å². The molecule has 0 aliphatic heterocycles. The van der Waals surface area contributed by atoms with Gasteiger partial charge in [-0.05, 0) is 75.7 Å². The molecule has 10 unspecified atom stereocenters. The van der Waals surface area contributed by atoms with Crippen molar-refractivity contribution in [2.24, 2.45) is 78.4 Å². The number of nitrogens with one attached hydrogen (secondary N) is 9. The van der Waals surface area contributed by atoms with Crippen LogP contribution in [0.25, 0.3) is 0 Å². The molecular weight excluding hydrogens is 1130 g/mol. The number of hydrogen-bond donors (Lipinski definition) is 20. The molecule has 0 aromatic heterocycles. The van der Waals surface area contributed by atoms with Crippen LogP contribution in [-0.2, 0) is 59.2 Å². The molecule has 0 radical (unpaired) electrons. The van der Waals surface area contributed by atoms with E-state index < -0.39 is 157 Å². The standard InChI is InChI=1S/C52H91N21O13/c1-26(2)22-34(41(55)78)66-38(77)24-65-48(85)39(27(3)4)72-46(83)35(23-29-12-7-6-8-13-29)70-44(81)33(17-18-37(54)76)68-43(80)31(15-10-20-63-51(58)59)69-49(86)40(28(5)75)73-45(82)32(16-11-21-64-52(60)61)67-47(84)36(25-74)71-42(79)30(53)14-9-19-62-50(56)57/h6-8,12-13,26-28,30-36,39-40,74-75H,9-11,14-25,53H2,1-5H3,(H2,54,76)(H2,55,78)(H,65,85)(H,66,77)(H,67,84)(H,68,80)(H,69,86)(H,70,81)(H,71,79)(H,72,83)(H,73,82)(H4,56,57,62)(H4,58,59,63)(H4,60,61,64). The zero-order valence-electron chi connectivity index (χ0n) is 49.3. The monoisotopic (exact) mass is 1220 g/mol. The Balaban J connectivity index is 3.60. The second kappa shape index (κ2) is 39.6. The maximum absolute atomic E-state index is 14.4. The van der Waals surface area contributed by atoms with Crippen molar-refractivity contribution in [3.8, 4) is 0 Å². The fourth-order valence-corrected chi connectivity index (χ4v) is 8.05. The number of carbonyl (C=O) groups is 11. The molecule has 0 bridgehead atoms. The van der Waals surface area contributed by atoms with Crippen LogP contribution in [0.5, 0.6) is 0 Å². The van der Waals surface area contributed by atoms with Crippen LogP contribution in [0.2, 0.25) is 0 Å². The molecule has 1 aromatic carbocycles. The van der Waals surface area contributed by atoms with Crippen LogP contribution >= 0.6 is 0 Å². The number of amides is 11. The molecular formula is C52H91N21O13. The quantitative estimate of drug-likeness (QED) is 0.0164. The van der Waals surface area contributed by atoms with Gasteiger partial charge >= 0.3 is 0 Å². The second-order valence-electron chi connectivity index (χ2n) is 21.0. The number of guanidine groups is 3. The van der Waals surface area contributed by atoms with Gasteiger partial charge in [-0.3, -0.25) is 67.7 Å². The molecule has 1 rings (SSSR count). The van der Waals surface area contributed by atoms with E-state index in [0.717, 1.165) is 6.92 Å². The van der Waals surface area contributed by atoms with E-state index in [1.807, 2.05) is 13.8 Å². The third-order valence-corrected chi connectivity index (χ3v) is 12.6. The predicted octanol–water partition coefficient (Wildman–Crippen LogP) is -8.46. The fourth-order valence-electron chi connectivity index (χ4n) is 8.05. The minimum Gasteiger partial charge on any atom is -0.394 e. The first-order valence-electron chi connectivity index (χ1n) is 27.9. The zero-order chi connectivity index (χ0) is 65.2. The molecule has 0 spiro atoms. The summed E-state index contributed by atoms with van der Waals surface area (Å²) in [6.45, 7) is 6.47. The molecule has 0 heterocycles. The third kappa shape index (κ3) is 30.6. The summed E-state index contributed by atoms with van der Waals surface area (Å²) in [7, 11) is 0. The number of primary amides is 2. The lowest BCUT2D eigenvalue weighted by molar-refractivity contribution is -0.137. The first kappa shape index (κ1) is 75.1. The van der Waals surface area contributed by atoms with Crippen LogP contribution in [-0.4, -0.2) is 186 Å².